The van der Waals surface area contributed by atoms with Gasteiger partial charge in [0.25, 0.3) is 5.56 Å². The lowest BCUT2D eigenvalue weighted by molar-refractivity contribution is 0.207. The third kappa shape index (κ3) is 3.19. The molecule has 0 unspecified atom stereocenters. The minimum atomic E-state index is -0.126. The first-order chi connectivity index (χ1) is 13.5. The molecule has 0 radical (unpaired) electrons. The fourth-order valence-corrected chi connectivity index (χ4v) is 4.05. The van der Waals surface area contributed by atoms with Gasteiger partial charge in [0, 0.05) is 12.6 Å². The van der Waals surface area contributed by atoms with Crippen molar-refractivity contribution in [3.05, 3.63) is 85.9 Å². The third-order valence-corrected chi connectivity index (χ3v) is 5.95. The van der Waals surface area contributed by atoms with E-state index in [-0.39, 0.29) is 11.6 Å². The Labute approximate surface area is 169 Å². The van der Waals surface area contributed by atoms with Crippen LogP contribution in [0.3, 0.4) is 0 Å². The van der Waals surface area contributed by atoms with Crippen LogP contribution in [0.5, 0.6) is 0 Å². The topological polar surface area (TPSA) is 53.1 Å². The van der Waals surface area contributed by atoms with Crippen LogP contribution in [0.4, 0.5) is 5.82 Å². The van der Waals surface area contributed by atoms with E-state index in [0.717, 1.165) is 17.1 Å². The molecule has 1 aromatic heterocycles. The van der Waals surface area contributed by atoms with Crippen LogP contribution < -0.4 is 10.9 Å². The van der Waals surface area contributed by atoms with E-state index in [9.17, 15) is 4.79 Å². The molecule has 0 fully saturated rings. The number of aromatic nitrogens is 2. The molecular formula is C22H24N4OS. The molecule has 6 heteroatoms. The molecule has 0 bridgehead atoms. The molecule has 28 heavy (non-hydrogen) atoms. The minimum absolute atomic E-state index is 0.126. The van der Waals surface area contributed by atoms with E-state index in [0.29, 0.717) is 23.5 Å². The molecule has 1 aliphatic heterocycles. The van der Waals surface area contributed by atoms with Gasteiger partial charge in [-0.05, 0) is 55.7 Å². The lowest BCUT2D eigenvalue weighted by Gasteiger charge is -2.35. The Kier molecular flexibility index (Phi) is 4.91. The third-order valence-electron chi connectivity index (χ3n) is 5.66. The lowest BCUT2D eigenvalue weighted by Crippen LogP contribution is -2.40. The second-order valence-electron chi connectivity index (χ2n) is 7.31. The molecule has 1 aliphatic rings. The van der Waals surface area contributed by atoms with Gasteiger partial charge in [0.1, 0.15) is 5.82 Å². The van der Waals surface area contributed by atoms with Gasteiger partial charge < -0.3 is 5.32 Å². The molecule has 0 aliphatic carbocycles. The summed E-state index contributed by atoms with van der Waals surface area (Å²) in [6, 6.07) is 16.7. The number of anilines is 1. The zero-order valence-electron chi connectivity index (χ0n) is 16.3. The van der Waals surface area contributed by atoms with E-state index in [4.69, 9.17) is 12.2 Å². The van der Waals surface area contributed by atoms with E-state index in [1.807, 2.05) is 34.9 Å². The molecule has 5 nitrogen and oxygen atoms in total. The molecule has 3 aromatic rings. The van der Waals surface area contributed by atoms with Crippen LogP contribution in [0.25, 0.3) is 5.69 Å². The van der Waals surface area contributed by atoms with Crippen molar-refractivity contribution in [1.29, 1.82) is 0 Å². The SMILES string of the molecule is Cc1cccc(-n2c3c(c(=O)[nH]c2=S)CN([C@@H](C)c2ccccc2)CN3)c1C. The zero-order valence-corrected chi connectivity index (χ0v) is 17.1. The van der Waals surface area contributed by atoms with Crippen LogP contribution in [0.1, 0.15) is 35.2 Å². The van der Waals surface area contributed by atoms with Crippen LogP contribution in [-0.4, -0.2) is 21.1 Å². The summed E-state index contributed by atoms with van der Waals surface area (Å²) in [4.78, 5) is 17.8. The smallest absolute Gasteiger partial charge is 0.258 e. The Morgan fingerprint density at radius 1 is 1.07 bits per heavy atom. The van der Waals surface area contributed by atoms with Gasteiger partial charge in [-0.1, -0.05) is 42.5 Å². The molecule has 2 N–H and O–H groups in total. The number of hydrogen-bond donors (Lipinski definition) is 2. The van der Waals surface area contributed by atoms with E-state index < -0.39 is 0 Å². The number of nitrogens with one attached hydrogen (secondary N) is 2. The van der Waals surface area contributed by atoms with Crippen LogP contribution in [0.2, 0.25) is 0 Å². The van der Waals surface area contributed by atoms with Gasteiger partial charge in [0.2, 0.25) is 0 Å². The molecule has 0 saturated heterocycles. The summed E-state index contributed by atoms with van der Waals surface area (Å²) in [5.74, 6) is 0.791. The van der Waals surface area contributed by atoms with Crippen molar-refractivity contribution in [3.63, 3.8) is 0 Å². The predicted octanol–water partition coefficient (Wildman–Crippen LogP) is 4.46. The highest BCUT2D eigenvalue weighted by Crippen LogP contribution is 2.30. The van der Waals surface area contributed by atoms with Gasteiger partial charge in [-0.15, -0.1) is 0 Å². The number of benzene rings is 2. The molecule has 0 amide bonds. The van der Waals surface area contributed by atoms with Crippen LogP contribution >= 0.6 is 12.2 Å². The van der Waals surface area contributed by atoms with Crippen molar-refractivity contribution in [2.75, 3.05) is 12.0 Å². The predicted molar refractivity (Wildman–Crippen MR) is 116 cm³/mol. The molecule has 2 heterocycles. The van der Waals surface area contributed by atoms with Crippen LogP contribution in [0, 0.1) is 18.6 Å². The largest absolute Gasteiger partial charge is 0.358 e. The minimum Gasteiger partial charge on any atom is -0.358 e. The molecule has 1 atom stereocenters. The van der Waals surface area contributed by atoms with Gasteiger partial charge >= 0.3 is 0 Å². The summed E-state index contributed by atoms with van der Waals surface area (Å²) in [6.07, 6.45) is 0. The second-order valence-corrected chi connectivity index (χ2v) is 7.70. The molecule has 4 rings (SSSR count). The molecule has 0 saturated carbocycles. The van der Waals surface area contributed by atoms with Gasteiger partial charge in [0.05, 0.1) is 17.9 Å². The van der Waals surface area contributed by atoms with Crippen molar-refractivity contribution >= 4 is 18.0 Å². The average molecular weight is 393 g/mol. The Bertz CT molecular complexity index is 1130. The number of hydrogen-bond acceptors (Lipinski definition) is 4. The van der Waals surface area contributed by atoms with E-state index in [2.05, 4.69) is 54.2 Å². The molecular weight excluding hydrogens is 368 g/mol. The normalized spacial score (nSPS) is 15.0. The number of fused-ring (bicyclic) bond motifs is 1. The maximum atomic E-state index is 12.7. The fourth-order valence-electron chi connectivity index (χ4n) is 3.76. The Morgan fingerprint density at radius 3 is 2.57 bits per heavy atom. The van der Waals surface area contributed by atoms with Crippen molar-refractivity contribution in [1.82, 2.24) is 14.5 Å². The summed E-state index contributed by atoms with van der Waals surface area (Å²) in [5, 5.41) is 3.46. The first kappa shape index (κ1) is 18.7. The van der Waals surface area contributed by atoms with E-state index >= 15 is 0 Å². The highest BCUT2D eigenvalue weighted by molar-refractivity contribution is 7.71. The maximum absolute atomic E-state index is 12.7. The van der Waals surface area contributed by atoms with Gasteiger partial charge in [-0.25, -0.2) is 0 Å². The Morgan fingerprint density at radius 2 is 1.82 bits per heavy atom. The van der Waals surface area contributed by atoms with Crippen molar-refractivity contribution in [2.45, 2.75) is 33.4 Å². The summed E-state index contributed by atoms with van der Waals surface area (Å²) in [5.41, 5.74) is 5.15. The Hall–Kier alpha value is -2.70. The number of nitrogens with zero attached hydrogens (tertiary/aromatic N) is 2. The highest BCUT2D eigenvalue weighted by atomic mass is 32.1. The number of rotatable bonds is 3. The number of aryl methyl sites for hydroxylation is 1. The van der Waals surface area contributed by atoms with Crippen molar-refractivity contribution in [3.8, 4) is 5.69 Å². The first-order valence-corrected chi connectivity index (χ1v) is 9.86. The Balaban J connectivity index is 1.79. The van der Waals surface area contributed by atoms with Gasteiger partial charge in [0.15, 0.2) is 4.77 Å². The second kappa shape index (κ2) is 7.37. The van der Waals surface area contributed by atoms with Crippen molar-refractivity contribution < 1.29 is 0 Å². The molecule has 2 aromatic carbocycles. The number of H-pyrrole nitrogens is 1. The molecule has 0 spiro atoms. The zero-order chi connectivity index (χ0) is 19.8. The highest BCUT2D eigenvalue weighted by Gasteiger charge is 2.26. The van der Waals surface area contributed by atoms with E-state index in [1.54, 1.807) is 0 Å². The quantitative estimate of drug-likeness (QED) is 0.646. The summed E-state index contributed by atoms with van der Waals surface area (Å²) in [6.45, 7) is 7.53. The van der Waals surface area contributed by atoms with Gasteiger partial charge in [-0.2, -0.15) is 0 Å². The molecule has 144 valence electrons. The standard InChI is InChI=1S/C22H24N4OS/c1-14-8-7-11-19(15(14)2)26-20-18(21(27)24-22(26)28)12-25(13-23-20)16(3)17-9-5-4-6-10-17/h4-11,16,23H,12-13H2,1-3H3,(H,24,27,28)/t16-/m0/s1. The first-order valence-electron chi connectivity index (χ1n) is 9.45. The summed E-state index contributed by atoms with van der Waals surface area (Å²) >= 11 is 5.52. The van der Waals surface area contributed by atoms with Gasteiger partial charge in [-0.3, -0.25) is 19.2 Å². The monoisotopic (exact) mass is 392 g/mol. The van der Waals surface area contributed by atoms with Crippen LogP contribution in [0.15, 0.2) is 53.3 Å². The van der Waals surface area contributed by atoms with Crippen LogP contribution in [-0.2, 0) is 6.54 Å². The fraction of sp³-hybridized carbons (Fsp3) is 0.273. The summed E-state index contributed by atoms with van der Waals surface area (Å²) < 4.78 is 2.37. The average Bonchev–Trinajstić information content (AvgIpc) is 2.71. The maximum Gasteiger partial charge on any atom is 0.258 e. The van der Waals surface area contributed by atoms with E-state index in [1.165, 1.54) is 11.1 Å². The van der Waals surface area contributed by atoms with Crippen molar-refractivity contribution in [2.24, 2.45) is 0 Å². The number of aromatic amines is 1. The lowest BCUT2D eigenvalue weighted by atomic mass is 10.1. The summed E-state index contributed by atoms with van der Waals surface area (Å²) in [7, 11) is 0.